The Labute approximate surface area is 369 Å². The highest BCUT2D eigenvalue weighted by molar-refractivity contribution is 5.90. The van der Waals surface area contributed by atoms with Crippen molar-refractivity contribution in [3.8, 4) is 29.1 Å². The van der Waals surface area contributed by atoms with Crippen molar-refractivity contribution < 1.29 is 34.7 Å². The smallest absolute Gasteiger partial charge is 0.186 e. The number of allylic oxidation sites excluding steroid dienone is 3. The summed E-state index contributed by atoms with van der Waals surface area (Å²) in [5.41, 5.74) is 17.6. The van der Waals surface area contributed by atoms with Crippen molar-refractivity contribution in [1.82, 2.24) is 0 Å². The van der Waals surface area contributed by atoms with E-state index in [0.29, 0.717) is 56.0 Å². The molecule has 2 aromatic rings. The van der Waals surface area contributed by atoms with Gasteiger partial charge in [-0.05, 0) is 148 Å². The Hall–Kier alpha value is -4.30. The number of rotatable bonds is 16. The number of ether oxygens (including phenoxy) is 2. The zero-order valence-electron chi connectivity index (χ0n) is 37.1. The molecule has 336 valence electrons. The molecule has 0 heterocycles. The lowest BCUT2D eigenvalue weighted by atomic mass is 9.55. The SMILES string of the molecule is CC[C@@H](CCO)C(=CC(=O)CCc1cc(OC2CCCC2)c(O)c2c1C#CC[C@H](N=C(N)N)C[C@@H]1C=C3[C@H](c4cccc(O)c4)C[C@@H](C)C[C@H]3[C@@H]2C1COC1CCCCC1)CO. The molecule has 3 saturated carbocycles. The van der Waals surface area contributed by atoms with Crippen molar-refractivity contribution >= 4 is 11.7 Å². The minimum atomic E-state index is -0.275. The van der Waals surface area contributed by atoms with Gasteiger partial charge >= 0.3 is 0 Å². The number of ketones is 1. The Morgan fingerprint density at radius 1 is 1.00 bits per heavy atom. The third-order valence-electron chi connectivity index (χ3n) is 14.7. The molecule has 2 bridgehead atoms. The summed E-state index contributed by atoms with van der Waals surface area (Å²) < 4.78 is 13.8. The number of hydrogen-bond acceptors (Lipinski definition) is 8. The molecular weight excluding hydrogens is 779 g/mol. The first-order valence-corrected chi connectivity index (χ1v) is 23.8. The molecule has 5 aliphatic carbocycles. The lowest BCUT2D eigenvalue weighted by Crippen LogP contribution is -2.42. The second kappa shape index (κ2) is 21.4. The Balaban J connectivity index is 1.42. The van der Waals surface area contributed by atoms with Crippen molar-refractivity contribution in [2.75, 3.05) is 19.8 Å². The number of phenolic OH excluding ortho intramolecular Hbond substituents is 2. The number of hydrogen-bond donors (Lipinski definition) is 6. The molecule has 0 radical (unpaired) electrons. The number of fused-ring (bicyclic) bond motifs is 6. The van der Waals surface area contributed by atoms with Gasteiger partial charge in [-0.25, -0.2) is 4.99 Å². The summed E-state index contributed by atoms with van der Waals surface area (Å²) in [5.74, 6) is 7.84. The number of aliphatic imine (C=N–C) groups is 1. The van der Waals surface area contributed by atoms with Crippen LogP contribution in [0.3, 0.4) is 0 Å². The Bertz CT molecular complexity index is 2010. The highest BCUT2D eigenvalue weighted by Crippen LogP contribution is 2.59. The molecule has 8 atom stereocenters. The molecule has 0 spiro atoms. The molecular formula is C52H71N3O7. The number of aromatic hydroxyl groups is 2. The molecule has 10 heteroatoms. The van der Waals surface area contributed by atoms with Gasteiger partial charge in [-0.15, -0.1) is 0 Å². The van der Waals surface area contributed by atoms with E-state index in [9.17, 15) is 25.2 Å². The van der Waals surface area contributed by atoms with Crippen molar-refractivity contribution in [2.45, 2.75) is 153 Å². The third kappa shape index (κ3) is 10.9. The molecule has 0 amide bonds. The summed E-state index contributed by atoms with van der Waals surface area (Å²) in [6, 6.07) is 9.32. The maximum Gasteiger partial charge on any atom is 0.186 e. The fraction of sp³-hybridized carbons (Fsp3) is 0.615. The molecule has 2 aromatic carbocycles. The van der Waals surface area contributed by atoms with Crippen molar-refractivity contribution in [2.24, 2.45) is 46.0 Å². The molecule has 0 saturated heterocycles. The highest BCUT2D eigenvalue weighted by Gasteiger charge is 2.49. The largest absolute Gasteiger partial charge is 0.508 e. The minimum absolute atomic E-state index is 0.0137. The minimum Gasteiger partial charge on any atom is -0.508 e. The predicted molar refractivity (Wildman–Crippen MR) is 244 cm³/mol. The summed E-state index contributed by atoms with van der Waals surface area (Å²) in [5, 5.41) is 43.6. The monoisotopic (exact) mass is 850 g/mol. The van der Waals surface area contributed by atoms with E-state index >= 15 is 0 Å². The average Bonchev–Trinajstić information content (AvgIpc) is 3.77. The van der Waals surface area contributed by atoms with Crippen molar-refractivity contribution in [1.29, 1.82) is 0 Å². The van der Waals surface area contributed by atoms with Gasteiger partial charge in [0, 0.05) is 42.4 Å². The van der Waals surface area contributed by atoms with E-state index in [2.05, 4.69) is 30.9 Å². The lowest BCUT2D eigenvalue weighted by molar-refractivity contribution is -0.114. The topological polar surface area (TPSA) is 181 Å². The van der Waals surface area contributed by atoms with Gasteiger partial charge in [0.15, 0.2) is 23.2 Å². The van der Waals surface area contributed by atoms with Gasteiger partial charge in [0.2, 0.25) is 0 Å². The maximum atomic E-state index is 13.8. The third-order valence-corrected chi connectivity index (χ3v) is 14.7. The van der Waals surface area contributed by atoms with Gasteiger partial charge in [0.25, 0.3) is 0 Å². The van der Waals surface area contributed by atoms with Crippen LogP contribution in [-0.2, 0) is 16.0 Å². The molecule has 5 aliphatic rings. The number of nitrogens with zero attached hydrogens (tertiary/aromatic N) is 1. The number of aryl methyl sites for hydroxylation is 1. The quantitative estimate of drug-likeness (QED) is 0.0318. The van der Waals surface area contributed by atoms with Gasteiger partial charge in [0.1, 0.15) is 5.75 Å². The fourth-order valence-corrected chi connectivity index (χ4v) is 11.7. The molecule has 0 aromatic heterocycles. The van der Waals surface area contributed by atoms with E-state index < -0.39 is 0 Å². The van der Waals surface area contributed by atoms with Crippen LogP contribution < -0.4 is 16.2 Å². The average molecular weight is 850 g/mol. The summed E-state index contributed by atoms with van der Waals surface area (Å²) >= 11 is 0. The molecule has 0 aliphatic heterocycles. The van der Waals surface area contributed by atoms with Gasteiger partial charge < -0.3 is 41.4 Å². The number of nitrogens with two attached hydrogens (primary N) is 2. The first-order chi connectivity index (χ1) is 30.1. The van der Waals surface area contributed by atoms with Gasteiger partial charge in [0.05, 0.1) is 31.5 Å². The van der Waals surface area contributed by atoms with Crippen LogP contribution in [0.2, 0.25) is 0 Å². The van der Waals surface area contributed by atoms with Gasteiger partial charge in [-0.1, -0.05) is 68.7 Å². The summed E-state index contributed by atoms with van der Waals surface area (Å²) in [7, 11) is 0. The summed E-state index contributed by atoms with van der Waals surface area (Å²) in [4.78, 5) is 18.6. The van der Waals surface area contributed by atoms with Crippen molar-refractivity contribution in [3.05, 3.63) is 75.9 Å². The molecule has 7 rings (SSSR count). The van der Waals surface area contributed by atoms with Crippen LogP contribution in [0.5, 0.6) is 17.2 Å². The standard InChI is InChI=1S/C52H71N3O7/c1-3-33(21-22-56)37(30-57)27-40(59)20-19-35-29-48(62-42-16-7-8-17-42)51(60)50-43(35)18-10-12-38(55-52(53)54)25-36-28-45-44(34-11-9-13-39(58)26-34)23-32(2)24-46(45)49(50)47(36)31-61-41-14-5-4-6-15-41/h9,11,13,26-29,32-33,36,38,41-42,44,46-47,49,56-58,60H,3-8,12,14-17,19-25,30-31H2,1-2H3,(H4,53,54,55)/t32-,33+,36-,38+,44+,46-,47?,49-/m1/s1. The normalized spacial score (nSPS) is 27.2. The maximum absolute atomic E-state index is 13.8. The number of aliphatic hydroxyl groups excluding tert-OH is 2. The molecule has 62 heavy (non-hydrogen) atoms. The lowest BCUT2D eigenvalue weighted by Gasteiger charge is -2.50. The second-order valence-electron chi connectivity index (χ2n) is 19.1. The zero-order valence-corrected chi connectivity index (χ0v) is 37.1. The Morgan fingerprint density at radius 2 is 1.76 bits per heavy atom. The van der Waals surface area contributed by atoms with Crippen molar-refractivity contribution in [3.63, 3.8) is 0 Å². The summed E-state index contributed by atoms with van der Waals surface area (Å²) in [6.07, 6.45) is 18.4. The van der Waals surface area contributed by atoms with Crippen LogP contribution in [0, 0.1) is 41.4 Å². The van der Waals surface area contributed by atoms with E-state index in [1.807, 2.05) is 25.1 Å². The highest BCUT2D eigenvalue weighted by atomic mass is 16.5. The van der Waals surface area contributed by atoms with Crippen LogP contribution in [0.4, 0.5) is 0 Å². The van der Waals surface area contributed by atoms with E-state index in [1.165, 1.54) is 12.0 Å². The molecule has 3 fully saturated rings. The van der Waals surface area contributed by atoms with E-state index in [-0.39, 0.29) is 96.6 Å². The van der Waals surface area contributed by atoms with Crippen LogP contribution in [0.25, 0.3) is 0 Å². The number of benzene rings is 2. The first-order valence-electron chi connectivity index (χ1n) is 23.8. The molecule has 1 unspecified atom stereocenters. The van der Waals surface area contributed by atoms with Gasteiger partial charge in [-0.2, -0.15) is 0 Å². The molecule has 10 nitrogen and oxygen atoms in total. The number of guanidine groups is 1. The number of aliphatic hydroxyl groups is 2. The van der Waals surface area contributed by atoms with E-state index in [0.717, 1.165) is 86.5 Å². The first kappa shape index (κ1) is 45.7. The number of carbonyl (C=O) groups is 1. The van der Waals surface area contributed by atoms with E-state index in [4.69, 9.17) is 25.9 Å². The summed E-state index contributed by atoms with van der Waals surface area (Å²) in [6.45, 7) is 4.56. The Kier molecular flexibility index (Phi) is 15.8. The predicted octanol–water partition coefficient (Wildman–Crippen LogP) is 8.47. The second-order valence-corrected chi connectivity index (χ2v) is 19.1. The van der Waals surface area contributed by atoms with E-state index in [1.54, 1.807) is 12.1 Å². The molecule has 8 N–H and O–H groups in total. The van der Waals surface area contributed by atoms with Crippen LogP contribution in [0.15, 0.2) is 58.6 Å². The zero-order chi connectivity index (χ0) is 43.8. The fourth-order valence-electron chi connectivity index (χ4n) is 11.7. The van der Waals surface area contributed by atoms with Crippen LogP contribution >= 0.6 is 0 Å². The van der Waals surface area contributed by atoms with Gasteiger partial charge in [-0.3, -0.25) is 4.79 Å². The number of carbonyl (C=O) groups excluding carboxylic acids is 1. The van der Waals surface area contributed by atoms with Crippen LogP contribution in [0.1, 0.15) is 151 Å². The van der Waals surface area contributed by atoms with Crippen LogP contribution in [-0.4, -0.2) is 70.2 Å². The number of phenols is 2. The Morgan fingerprint density at radius 3 is 2.47 bits per heavy atom.